The highest BCUT2D eigenvalue weighted by atomic mass is 16.5. The molecular weight excluding hydrogens is 334 g/mol. The van der Waals surface area contributed by atoms with Crippen molar-refractivity contribution in [2.45, 2.75) is 77.2 Å². The van der Waals surface area contributed by atoms with Crippen molar-refractivity contribution in [2.24, 2.45) is 5.92 Å². The number of quaternary nitrogens is 1. The molecule has 2 atom stereocenters. The van der Waals surface area contributed by atoms with Gasteiger partial charge in [0, 0.05) is 5.92 Å². The summed E-state index contributed by atoms with van der Waals surface area (Å²) in [6.45, 7) is 4.61. The van der Waals surface area contributed by atoms with Crippen LogP contribution in [0.4, 0.5) is 0 Å². The Balaban J connectivity index is 1.82. The van der Waals surface area contributed by atoms with Gasteiger partial charge in [0.2, 0.25) is 0 Å². The average Bonchev–Trinajstić information content (AvgIpc) is 2.66. The number of benzene rings is 1. The van der Waals surface area contributed by atoms with E-state index < -0.39 is 0 Å². The molecule has 27 heavy (non-hydrogen) atoms. The molecule has 0 unspecified atom stereocenters. The fourth-order valence-corrected chi connectivity index (χ4v) is 4.36. The minimum atomic E-state index is -0.159. The highest BCUT2D eigenvalue weighted by molar-refractivity contribution is 5.89. The first-order valence-electron chi connectivity index (χ1n) is 11.1. The summed E-state index contributed by atoms with van der Waals surface area (Å²) in [4.78, 5) is 12.5. The van der Waals surface area contributed by atoms with E-state index in [0.717, 1.165) is 17.4 Å². The summed E-state index contributed by atoms with van der Waals surface area (Å²) in [5.74, 6) is 0.329. The summed E-state index contributed by atoms with van der Waals surface area (Å²) in [6, 6.07) is 9.42. The van der Waals surface area contributed by atoms with Crippen molar-refractivity contribution in [2.75, 3.05) is 27.2 Å². The Morgan fingerprint density at radius 1 is 1.00 bits per heavy atom. The van der Waals surface area contributed by atoms with Gasteiger partial charge in [-0.15, -0.1) is 0 Å². The van der Waals surface area contributed by atoms with Crippen molar-refractivity contribution in [3.63, 3.8) is 0 Å². The smallest absolute Gasteiger partial charge is 0.338 e. The number of carbonyl (C=O) groups excluding carboxylic acids is 1. The molecule has 1 saturated carbocycles. The fraction of sp³-hybridized carbons (Fsp3) is 0.708. The number of carbonyl (C=O) groups is 1. The lowest BCUT2D eigenvalue weighted by Crippen LogP contribution is -2.48. The number of hydrogen-bond acceptors (Lipinski definition) is 2. The molecule has 0 N–H and O–H groups in total. The topological polar surface area (TPSA) is 26.3 Å². The second-order valence-electron chi connectivity index (χ2n) is 8.96. The van der Waals surface area contributed by atoms with Gasteiger partial charge in [-0.3, -0.25) is 0 Å². The summed E-state index contributed by atoms with van der Waals surface area (Å²) in [7, 11) is 4.69. The summed E-state index contributed by atoms with van der Waals surface area (Å²) < 4.78 is 7.00. The molecule has 1 aromatic rings. The Morgan fingerprint density at radius 3 is 2.41 bits per heavy atom. The molecular formula is C24H40NO2+. The molecule has 2 rings (SSSR count). The van der Waals surface area contributed by atoms with E-state index in [1.807, 2.05) is 30.3 Å². The van der Waals surface area contributed by atoms with E-state index in [1.54, 1.807) is 0 Å². The molecule has 152 valence electrons. The molecule has 0 spiro atoms. The maximum Gasteiger partial charge on any atom is 0.338 e. The lowest BCUT2D eigenvalue weighted by Gasteiger charge is -2.38. The normalized spacial score (nSPS) is 20.4. The average molecular weight is 375 g/mol. The van der Waals surface area contributed by atoms with E-state index in [9.17, 15) is 4.79 Å². The summed E-state index contributed by atoms with van der Waals surface area (Å²) in [6.07, 6.45) is 12.8. The lowest BCUT2D eigenvalue weighted by atomic mass is 9.85. The number of unbranched alkanes of at least 4 members (excludes halogenated alkanes) is 5. The first kappa shape index (κ1) is 21.9. The fourth-order valence-electron chi connectivity index (χ4n) is 4.36. The molecule has 3 heteroatoms. The van der Waals surface area contributed by atoms with Crippen LogP contribution in [0.2, 0.25) is 0 Å². The zero-order valence-electron chi connectivity index (χ0n) is 17.8. The van der Waals surface area contributed by atoms with E-state index in [4.69, 9.17) is 4.74 Å². The van der Waals surface area contributed by atoms with Gasteiger partial charge in [0.25, 0.3) is 0 Å². The Labute approximate surface area is 166 Å². The Morgan fingerprint density at radius 2 is 1.67 bits per heavy atom. The van der Waals surface area contributed by atoms with E-state index in [-0.39, 0.29) is 12.1 Å². The van der Waals surface area contributed by atoms with Crippen LogP contribution in [0.5, 0.6) is 0 Å². The van der Waals surface area contributed by atoms with Gasteiger partial charge in [-0.2, -0.15) is 0 Å². The van der Waals surface area contributed by atoms with Gasteiger partial charge >= 0.3 is 5.97 Å². The van der Waals surface area contributed by atoms with Crippen LogP contribution in [0.1, 0.15) is 81.5 Å². The largest absolute Gasteiger partial charge is 0.458 e. The SMILES string of the molecule is CCCCCCCC[N+](C)(C)C[C@@H]1CCCC[C@H]1OC(=O)c1ccccc1. The van der Waals surface area contributed by atoms with Gasteiger partial charge < -0.3 is 9.22 Å². The number of esters is 1. The summed E-state index contributed by atoms with van der Waals surface area (Å²) in [5.41, 5.74) is 0.669. The molecule has 0 aromatic heterocycles. The highest BCUT2D eigenvalue weighted by Crippen LogP contribution is 2.29. The first-order chi connectivity index (χ1) is 13.0. The molecule has 1 aliphatic carbocycles. The van der Waals surface area contributed by atoms with E-state index in [2.05, 4.69) is 21.0 Å². The summed E-state index contributed by atoms with van der Waals surface area (Å²) in [5, 5.41) is 0. The second-order valence-corrected chi connectivity index (χ2v) is 8.96. The Hall–Kier alpha value is -1.35. The molecule has 0 amide bonds. The van der Waals surface area contributed by atoms with Crippen LogP contribution in [0.3, 0.4) is 0 Å². The van der Waals surface area contributed by atoms with Crippen LogP contribution < -0.4 is 0 Å². The predicted octanol–water partition coefficient (Wildman–Crippen LogP) is 5.84. The van der Waals surface area contributed by atoms with Gasteiger partial charge in [0.1, 0.15) is 6.10 Å². The third kappa shape index (κ3) is 8.04. The molecule has 0 radical (unpaired) electrons. The first-order valence-corrected chi connectivity index (χ1v) is 11.1. The van der Waals surface area contributed by atoms with Gasteiger partial charge in [-0.1, -0.05) is 57.2 Å². The highest BCUT2D eigenvalue weighted by Gasteiger charge is 2.33. The maximum atomic E-state index is 12.5. The Kier molecular flexibility index (Phi) is 9.33. The molecule has 1 fully saturated rings. The lowest BCUT2D eigenvalue weighted by molar-refractivity contribution is -0.894. The molecule has 0 bridgehead atoms. The minimum absolute atomic E-state index is 0.0772. The molecule has 0 heterocycles. The van der Waals surface area contributed by atoms with E-state index >= 15 is 0 Å². The van der Waals surface area contributed by atoms with Crippen LogP contribution >= 0.6 is 0 Å². The summed E-state index contributed by atoms with van der Waals surface area (Å²) >= 11 is 0. The molecule has 0 saturated heterocycles. The van der Waals surface area contributed by atoms with Crippen molar-refractivity contribution in [1.29, 1.82) is 0 Å². The van der Waals surface area contributed by atoms with Crippen molar-refractivity contribution in [1.82, 2.24) is 0 Å². The zero-order chi connectivity index (χ0) is 19.5. The van der Waals surface area contributed by atoms with Gasteiger partial charge in [-0.25, -0.2) is 4.79 Å². The van der Waals surface area contributed by atoms with Gasteiger partial charge in [-0.05, 0) is 44.2 Å². The van der Waals surface area contributed by atoms with Crippen molar-refractivity contribution < 1.29 is 14.0 Å². The van der Waals surface area contributed by atoms with Gasteiger partial charge in [0.15, 0.2) is 0 Å². The number of ether oxygens (including phenoxy) is 1. The quantitative estimate of drug-likeness (QED) is 0.276. The van der Waals surface area contributed by atoms with Crippen molar-refractivity contribution in [3.8, 4) is 0 Å². The van der Waals surface area contributed by atoms with Crippen LogP contribution in [0.15, 0.2) is 30.3 Å². The molecule has 1 aromatic carbocycles. The third-order valence-electron chi connectivity index (χ3n) is 5.95. The van der Waals surface area contributed by atoms with Crippen molar-refractivity contribution in [3.05, 3.63) is 35.9 Å². The number of hydrogen-bond donors (Lipinski definition) is 0. The predicted molar refractivity (Wildman–Crippen MR) is 113 cm³/mol. The Bertz CT molecular complexity index is 541. The van der Waals surface area contributed by atoms with Gasteiger partial charge in [0.05, 0.1) is 32.7 Å². The maximum absolute atomic E-state index is 12.5. The standard InChI is InChI=1S/C24H40NO2/c1-4-5-6-7-8-14-19-25(2,3)20-22-17-12-13-18-23(22)27-24(26)21-15-10-9-11-16-21/h9-11,15-16,22-23H,4-8,12-14,17-20H2,1-3H3/q+1/t22-,23+/m0/s1. The van der Waals surface area contributed by atoms with E-state index in [1.165, 1.54) is 64.3 Å². The molecule has 0 aliphatic heterocycles. The van der Waals surface area contributed by atoms with Crippen LogP contribution in [0.25, 0.3) is 0 Å². The van der Waals surface area contributed by atoms with Crippen molar-refractivity contribution >= 4 is 5.97 Å². The zero-order valence-corrected chi connectivity index (χ0v) is 17.8. The van der Waals surface area contributed by atoms with Crippen LogP contribution in [-0.2, 0) is 4.74 Å². The monoisotopic (exact) mass is 374 g/mol. The second kappa shape index (κ2) is 11.5. The number of rotatable bonds is 11. The number of nitrogens with zero attached hydrogens (tertiary/aromatic N) is 1. The van der Waals surface area contributed by atoms with E-state index in [0.29, 0.717) is 11.5 Å². The van der Waals surface area contributed by atoms with Crippen LogP contribution in [-0.4, -0.2) is 43.7 Å². The van der Waals surface area contributed by atoms with Crippen LogP contribution in [0, 0.1) is 5.92 Å². The molecule has 3 nitrogen and oxygen atoms in total. The third-order valence-corrected chi connectivity index (χ3v) is 5.95. The molecule has 1 aliphatic rings. The minimum Gasteiger partial charge on any atom is -0.458 e.